The Morgan fingerprint density at radius 2 is 1.85 bits per heavy atom. The molecule has 142 valence electrons. The van der Waals surface area contributed by atoms with E-state index in [-0.39, 0.29) is 5.91 Å². The van der Waals surface area contributed by atoms with Crippen molar-refractivity contribution in [1.82, 2.24) is 4.90 Å². The van der Waals surface area contributed by atoms with Gasteiger partial charge in [-0.05, 0) is 56.1 Å². The first kappa shape index (κ1) is 19.3. The minimum Gasteiger partial charge on any atom is -0.497 e. The van der Waals surface area contributed by atoms with Gasteiger partial charge in [-0.25, -0.2) is 4.99 Å². The van der Waals surface area contributed by atoms with Gasteiger partial charge >= 0.3 is 0 Å². The molecule has 0 aromatic heterocycles. The van der Waals surface area contributed by atoms with Crippen LogP contribution in [-0.2, 0) is 11.3 Å². The zero-order valence-electron chi connectivity index (χ0n) is 16.3. The largest absolute Gasteiger partial charge is 0.497 e. The normalized spacial score (nSPS) is 13.0. The van der Waals surface area contributed by atoms with Crippen LogP contribution in [0, 0.1) is 0 Å². The Hall–Kier alpha value is -2.46. The Morgan fingerprint density at radius 1 is 1.04 bits per heavy atom. The molecule has 3 rings (SSSR count). The summed E-state index contributed by atoms with van der Waals surface area (Å²) < 4.78 is 5.28. The van der Waals surface area contributed by atoms with E-state index in [9.17, 15) is 4.79 Å². The predicted molar refractivity (Wildman–Crippen MR) is 108 cm³/mol. The van der Waals surface area contributed by atoms with Crippen LogP contribution in [0.4, 0.5) is 0 Å². The third kappa shape index (κ3) is 5.04. The third-order valence-corrected chi connectivity index (χ3v) is 5.11. The molecule has 0 unspecified atom stereocenters. The number of fused-ring (bicyclic) bond motifs is 1. The quantitative estimate of drug-likeness (QED) is 0.609. The number of benzene rings is 2. The van der Waals surface area contributed by atoms with Gasteiger partial charge < -0.3 is 4.74 Å². The molecule has 1 heterocycles. The van der Waals surface area contributed by atoms with Crippen molar-refractivity contribution in [1.29, 1.82) is 0 Å². The van der Waals surface area contributed by atoms with Crippen LogP contribution >= 0.6 is 0 Å². The maximum Gasteiger partial charge on any atom is 0.274 e. The van der Waals surface area contributed by atoms with Crippen molar-refractivity contribution in [3.05, 3.63) is 64.7 Å². The standard InChI is InChI=1S/C23H28N2O2/c1-3-25(17-18-10-6-4-7-11-18)15-9-5-8-12-20-21-16-19(27-2)13-14-22(21)24-23(20)26/h4,6-7,10-11,13-14,16H,3,5,8-9,12,15,17H2,1-2H3. The van der Waals surface area contributed by atoms with E-state index in [1.54, 1.807) is 7.11 Å². The predicted octanol–water partition coefficient (Wildman–Crippen LogP) is 3.09. The number of carbonyl (C=O) groups excluding carboxylic acids is 1. The van der Waals surface area contributed by atoms with Crippen LogP contribution < -0.4 is 15.3 Å². The summed E-state index contributed by atoms with van der Waals surface area (Å²) in [6, 6.07) is 16.3. The van der Waals surface area contributed by atoms with Crippen LogP contribution in [0.1, 0.15) is 38.2 Å². The van der Waals surface area contributed by atoms with Crippen molar-refractivity contribution in [3.8, 4) is 5.75 Å². The second-order valence-electron chi connectivity index (χ2n) is 6.94. The highest BCUT2D eigenvalue weighted by Crippen LogP contribution is 2.14. The maximum absolute atomic E-state index is 12.2. The lowest BCUT2D eigenvalue weighted by molar-refractivity contribution is -0.112. The molecule has 0 spiro atoms. The van der Waals surface area contributed by atoms with Gasteiger partial charge in [-0.2, -0.15) is 0 Å². The molecule has 0 saturated carbocycles. The molecule has 0 bridgehead atoms. The van der Waals surface area contributed by atoms with Gasteiger partial charge in [0.25, 0.3) is 5.91 Å². The van der Waals surface area contributed by atoms with Crippen LogP contribution in [0.15, 0.2) is 53.5 Å². The second-order valence-corrected chi connectivity index (χ2v) is 6.94. The Balaban J connectivity index is 1.49. The molecular formula is C23H28N2O2. The Morgan fingerprint density at radius 3 is 2.59 bits per heavy atom. The van der Waals surface area contributed by atoms with Crippen LogP contribution in [0.2, 0.25) is 0 Å². The van der Waals surface area contributed by atoms with Crippen molar-refractivity contribution in [2.24, 2.45) is 4.99 Å². The van der Waals surface area contributed by atoms with Crippen molar-refractivity contribution < 1.29 is 9.53 Å². The molecule has 0 aliphatic carbocycles. The van der Waals surface area contributed by atoms with Gasteiger partial charge in [0.1, 0.15) is 5.75 Å². The molecule has 2 aromatic carbocycles. The molecule has 0 fully saturated rings. The molecule has 0 radical (unpaired) electrons. The van der Waals surface area contributed by atoms with E-state index in [1.807, 2.05) is 18.2 Å². The molecule has 0 atom stereocenters. The Bertz CT molecular complexity index is 890. The molecule has 1 aliphatic rings. The highest BCUT2D eigenvalue weighted by atomic mass is 16.5. The lowest BCUT2D eigenvalue weighted by Gasteiger charge is -2.20. The van der Waals surface area contributed by atoms with Crippen molar-refractivity contribution in [2.75, 3.05) is 20.2 Å². The number of hydrogen-bond acceptors (Lipinski definition) is 3. The molecule has 2 aromatic rings. The van der Waals surface area contributed by atoms with Crippen LogP contribution in [0.3, 0.4) is 0 Å². The smallest absolute Gasteiger partial charge is 0.274 e. The fourth-order valence-electron chi connectivity index (χ4n) is 3.52. The fraction of sp³-hybridized carbons (Fsp3) is 0.391. The molecule has 0 N–H and O–H groups in total. The lowest BCUT2D eigenvalue weighted by Crippen LogP contribution is -2.24. The first-order chi connectivity index (χ1) is 13.2. The molecular weight excluding hydrogens is 336 g/mol. The average molecular weight is 364 g/mol. The summed E-state index contributed by atoms with van der Waals surface area (Å²) in [5, 5.41) is 1.72. The number of nitrogens with zero attached hydrogens (tertiary/aromatic N) is 2. The van der Waals surface area contributed by atoms with Gasteiger partial charge in [0.15, 0.2) is 0 Å². The van der Waals surface area contributed by atoms with Crippen LogP contribution in [0.5, 0.6) is 5.75 Å². The van der Waals surface area contributed by atoms with E-state index in [2.05, 4.69) is 47.1 Å². The summed E-state index contributed by atoms with van der Waals surface area (Å²) in [5.74, 6) is 0.688. The number of hydrogen-bond donors (Lipinski definition) is 0. The number of methoxy groups -OCH3 is 1. The third-order valence-electron chi connectivity index (χ3n) is 5.11. The van der Waals surface area contributed by atoms with E-state index in [1.165, 1.54) is 5.56 Å². The second kappa shape index (κ2) is 9.47. The lowest BCUT2D eigenvalue weighted by atomic mass is 10.0. The number of ether oxygens (including phenoxy) is 1. The van der Waals surface area contributed by atoms with E-state index in [4.69, 9.17) is 4.74 Å². The summed E-state index contributed by atoms with van der Waals surface area (Å²) >= 11 is 0. The molecule has 1 aliphatic heterocycles. The fourth-order valence-corrected chi connectivity index (χ4v) is 3.52. The van der Waals surface area contributed by atoms with Crippen molar-refractivity contribution in [2.45, 2.75) is 39.2 Å². The van der Waals surface area contributed by atoms with Gasteiger partial charge in [0, 0.05) is 17.3 Å². The highest BCUT2D eigenvalue weighted by molar-refractivity contribution is 6.15. The number of rotatable bonds is 10. The summed E-state index contributed by atoms with van der Waals surface area (Å²) in [5.41, 5.74) is 2.19. The first-order valence-electron chi connectivity index (χ1n) is 9.78. The van der Waals surface area contributed by atoms with Crippen LogP contribution in [0.25, 0.3) is 5.57 Å². The van der Waals surface area contributed by atoms with E-state index in [0.29, 0.717) is 0 Å². The van der Waals surface area contributed by atoms with Gasteiger partial charge in [-0.1, -0.05) is 43.7 Å². The van der Waals surface area contributed by atoms with Crippen LogP contribution in [-0.4, -0.2) is 31.0 Å². The van der Waals surface area contributed by atoms with Gasteiger partial charge in [-0.3, -0.25) is 9.69 Å². The van der Waals surface area contributed by atoms with Gasteiger partial charge in [-0.15, -0.1) is 0 Å². The summed E-state index contributed by atoms with van der Waals surface area (Å²) in [7, 11) is 1.64. The van der Waals surface area contributed by atoms with E-state index >= 15 is 0 Å². The summed E-state index contributed by atoms with van der Waals surface area (Å²) in [6.07, 6.45) is 4.05. The topological polar surface area (TPSA) is 41.9 Å². The SMILES string of the molecule is CCN(CCCCCC1=c2cc(OC)ccc2=NC1=O)Cc1ccccc1. The molecule has 0 saturated heterocycles. The van der Waals surface area contributed by atoms with Gasteiger partial charge in [0.2, 0.25) is 0 Å². The van der Waals surface area contributed by atoms with E-state index < -0.39 is 0 Å². The molecule has 1 amide bonds. The molecule has 4 nitrogen and oxygen atoms in total. The number of amides is 1. The highest BCUT2D eigenvalue weighted by Gasteiger charge is 2.16. The minimum absolute atomic E-state index is 0.0856. The Kier molecular flexibility index (Phi) is 6.77. The van der Waals surface area contributed by atoms with Crippen molar-refractivity contribution >= 4 is 11.5 Å². The zero-order chi connectivity index (χ0) is 19.1. The number of unbranched alkanes of at least 4 members (excludes halogenated alkanes) is 2. The maximum atomic E-state index is 12.2. The minimum atomic E-state index is -0.0856. The summed E-state index contributed by atoms with van der Waals surface area (Å²) in [4.78, 5) is 18.8. The summed E-state index contributed by atoms with van der Waals surface area (Å²) in [6.45, 7) is 5.35. The monoisotopic (exact) mass is 364 g/mol. The average Bonchev–Trinajstić information content (AvgIpc) is 3.02. The van der Waals surface area contributed by atoms with Gasteiger partial charge in [0.05, 0.1) is 12.5 Å². The first-order valence-corrected chi connectivity index (χ1v) is 9.78. The van der Waals surface area contributed by atoms with Crippen molar-refractivity contribution in [3.63, 3.8) is 0 Å². The Labute approximate surface area is 161 Å². The number of carbonyl (C=O) groups is 1. The zero-order valence-corrected chi connectivity index (χ0v) is 16.3. The van der Waals surface area contributed by atoms with E-state index in [0.717, 1.165) is 67.2 Å². The molecule has 27 heavy (non-hydrogen) atoms. The molecule has 4 heteroatoms.